The van der Waals surface area contributed by atoms with E-state index < -0.39 is 17.4 Å². The van der Waals surface area contributed by atoms with Gasteiger partial charge >= 0.3 is 0 Å². The Morgan fingerprint density at radius 3 is 2.32 bits per heavy atom. The maximum Gasteiger partial charge on any atom is 0.197 e. The molecule has 6 heteroatoms. The van der Waals surface area contributed by atoms with E-state index >= 15 is 0 Å². The summed E-state index contributed by atoms with van der Waals surface area (Å²) < 4.78 is 27.6. The highest BCUT2D eigenvalue weighted by molar-refractivity contribution is 9.10. The quantitative estimate of drug-likeness (QED) is 0.472. The van der Waals surface area contributed by atoms with Gasteiger partial charge in [-0.15, -0.1) is 0 Å². The number of ketones is 1. The lowest BCUT2D eigenvalue weighted by atomic mass is 10.0. The lowest BCUT2D eigenvalue weighted by Gasteiger charge is -2.07. The van der Waals surface area contributed by atoms with Crippen LogP contribution >= 0.6 is 31.9 Å². The van der Waals surface area contributed by atoms with Crippen molar-refractivity contribution in [2.24, 2.45) is 0 Å². The minimum Gasteiger partial charge on any atom is -0.399 e. The van der Waals surface area contributed by atoms with Crippen molar-refractivity contribution in [1.82, 2.24) is 0 Å². The van der Waals surface area contributed by atoms with E-state index in [4.69, 9.17) is 5.73 Å². The third kappa shape index (κ3) is 2.84. The molecule has 0 aliphatic heterocycles. The van der Waals surface area contributed by atoms with E-state index in [1.165, 1.54) is 6.07 Å². The SMILES string of the molecule is Nc1ccc(Br)c(C(=O)c2cc(F)c(Br)cc2F)c1. The first-order chi connectivity index (χ1) is 8.90. The van der Waals surface area contributed by atoms with Crippen LogP contribution in [-0.2, 0) is 0 Å². The van der Waals surface area contributed by atoms with E-state index in [-0.39, 0.29) is 15.6 Å². The molecule has 0 saturated heterocycles. The molecule has 2 aromatic rings. The average molecular weight is 391 g/mol. The fourth-order valence-corrected chi connectivity index (χ4v) is 2.30. The highest BCUT2D eigenvalue weighted by atomic mass is 79.9. The smallest absolute Gasteiger partial charge is 0.197 e. The largest absolute Gasteiger partial charge is 0.399 e. The van der Waals surface area contributed by atoms with Crippen LogP contribution < -0.4 is 5.73 Å². The predicted octanol–water partition coefficient (Wildman–Crippen LogP) is 4.30. The highest BCUT2D eigenvalue weighted by Crippen LogP contribution is 2.26. The molecule has 0 heterocycles. The number of benzene rings is 2. The Labute approximate surface area is 124 Å². The van der Waals surface area contributed by atoms with Gasteiger partial charge in [-0.3, -0.25) is 4.79 Å². The van der Waals surface area contributed by atoms with Crippen molar-refractivity contribution < 1.29 is 13.6 Å². The van der Waals surface area contributed by atoms with Crippen LogP contribution in [0.15, 0.2) is 39.3 Å². The van der Waals surface area contributed by atoms with Gasteiger partial charge in [-0.05, 0) is 46.3 Å². The first kappa shape index (κ1) is 14.1. The highest BCUT2D eigenvalue weighted by Gasteiger charge is 2.19. The zero-order valence-corrected chi connectivity index (χ0v) is 12.6. The second-order valence-electron chi connectivity index (χ2n) is 3.81. The summed E-state index contributed by atoms with van der Waals surface area (Å²) in [5.74, 6) is -2.14. The lowest BCUT2D eigenvalue weighted by molar-refractivity contribution is 0.103. The van der Waals surface area contributed by atoms with Crippen LogP contribution in [-0.4, -0.2) is 5.78 Å². The molecule has 98 valence electrons. The minimum atomic E-state index is -0.799. The number of hydrogen-bond donors (Lipinski definition) is 1. The summed E-state index contributed by atoms with van der Waals surface area (Å²) in [6.07, 6.45) is 0. The number of rotatable bonds is 2. The number of halogens is 4. The van der Waals surface area contributed by atoms with Gasteiger partial charge in [0, 0.05) is 15.7 Å². The van der Waals surface area contributed by atoms with Crippen molar-refractivity contribution >= 4 is 43.3 Å². The van der Waals surface area contributed by atoms with Crippen LogP contribution in [0, 0.1) is 11.6 Å². The van der Waals surface area contributed by atoms with Gasteiger partial charge in [0.05, 0.1) is 10.0 Å². The van der Waals surface area contributed by atoms with E-state index in [2.05, 4.69) is 31.9 Å². The minimum absolute atomic E-state index is 0.0341. The predicted molar refractivity (Wildman–Crippen MR) is 76.0 cm³/mol. The van der Waals surface area contributed by atoms with Crippen molar-refractivity contribution in [2.45, 2.75) is 0 Å². The summed E-state index contributed by atoms with van der Waals surface area (Å²) >= 11 is 6.04. The molecule has 0 amide bonds. The molecule has 0 aliphatic carbocycles. The number of nitrogens with two attached hydrogens (primary N) is 1. The Hall–Kier alpha value is -1.27. The summed E-state index contributed by atoms with van der Waals surface area (Å²) in [7, 11) is 0. The zero-order chi connectivity index (χ0) is 14.2. The molecule has 2 aromatic carbocycles. The van der Waals surface area contributed by atoms with E-state index in [0.717, 1.165) is 12.1 Å². The first-order valence-corrected chi connectivity index (χ1v) is 6.73. The van der Waals surface area contributed by atoms with E-state index in [9.17, 15) is 13.6 Å². The molecule has 19 heavy (non-hydrogen) atoms. The number of carbonyl (C=O) groups excluding carboxylic acids is 1. The molecule has 0 bridgehead atoms. The number of hydrogen-bond acceptors (Lipinski definition) is 2. The summed E-state index contributed by atoms with van der Waals surface area (Å²) in [5.41, 5.74) is 5.79. The van der Waals surface area contributed by atoms with Crippen molar-refractivity contribution in [3.63, 3.8) is 0 Å². The fourth-order valence-electron chi connectivity index (χ4n) is 1.56. The normalized spacial score (nSPS) is 10.5. The number of anilines is 1. The van der Waals surface area contributed by atoms with Gasteiger partial charge in [-0.25, -0.2) is 8.78 Å². The van der Waals surface area contributed by atoms with Crippen LogP contribution in [0.4, 0.5) is 14.5 Å². The third-order valence-corrected chi connectivity index (χ3v) is 3.79. The van der Waals surface area contributed by atoms with Gasteiger partial charge in [0.1, 0.15) is 11.6 Å². The fraction of sp³-hybridized carbons (Fsp3) is 0. The van der Waals surface area contributed by atoms with Crippen LogP contribution in [0.2, 0.25) is 0 Å². The topological polar surface area (TPSA) is 43.1 Å². The molecule has 0 saturated carbocycles. The molecule has 0 aromatic heterocycles. The van der Waals surface area contributed by atoms with Crippen LogP contribution in [0.3, 0.4) is 0 Å². The zero-order valence-electron chi connectivity index (χ0n) is 9.38. The lowest BCUT2D eigenvalue weighted by Crippen LogP contribution is -2.07. The van der Waals surface area contributed by atoms with Crippen LogP contribution in [0.1, 0.15) is 15.9 Å². The van der Waals surface area contributed by atoms with Gasteiger partial charge in [0.15, 0.2) is 5.78 Å². The molecule has 2 rings (SSSR count). The Morgan fingerprint density at radius 1 is 0.947 bits per heavy atom. The first-order valence-electron chi connectivity index (χ1n) is 5.14. The van der Waals surface area contributed by atoms with Crippen molar-refractivity contribution in [3.8, 4) is 0 Å². The molecule has 0 radical (unpaired) electrons. The van der Waals surface area contributed by atoms with Crippen molar-refractivity contribution in [3.05, 3.63) is 62.0 Å². The summed E-state index contributed by atoms with van der Waals surface area (Å²) in [4.78, 5) is 12.2. The van der Waals surface area contributed by atoms with Gasteiger partial charge in [0.25, 0.3) is 0 Å². The van der Waals surface area contributed by atoms with E-state index in [1.54, 1.807) is 12.1 Å². The van der Waals surface area contributed by atoms with Gasteiger partial charge in [0.2, 0.25) is 0 Å². The Morgan fingerprint density at radius 2 is 1.63 bits per heavy atom. The van der Waals surface area contributed by atoms with E-state index in [0.29, 0.717) is 10.2 Å². The Bertz CT molecular complexity index is 674. The maximum atomic E-state index is 13.7. The van der Waals surface area contributed by atoms with Gasteiger partial charge in [-0.2, -0.15) is 0 Å². The third-order valence-electron chi connectivity index (χ3n) is 2.49. The molecular weight excluding hydrogens is 384 g/mol. The monoisotopic (exact) mass is 389 g/mol. The molecule has 0 unspecified atom stereocenters. The van der Waals surface area contributed by atoms with Gasteiger partial charge < -0.3 is 5.73 Å². The summed E-state index contributed by atoms with van der Waals surface area (Å²) in [6.45, 7) is 0. The molecule has 2 N–H and O–H groups in total. The Kier molecular flexibility index (Phi) is 4.01. The standard InChI is InChI=1S/C13H7Br2F2NO/c14-9-2-1-6(18)3-7(9)13(19)8-4-12(17)10(15)5-11(8)16/h1-5H,18H2. The Balaban J connectivity index is 2.56. The molecule has 0 spiro atoms. The summed E-state index contributed by atoms with van der Waals surface area (Å²) in [6, 6.07) is 6.36. The van der Waals surface area contributed by atoms with E-state index in [1.807, 2.05) is 0 Å². The molecule has 0 aliphatic rings. The summed E-state index contributed by atoms with van der Waals surface area (Å²) in [5, 5.41) is 0. The second kappa shape index (κ2) is 5.38. The van der Waals surface area contributed by atoms with Gasteiger partial charge in [-0.1, -0.05) is 15.9 Å². The molecule has 0 fully saturated rings. The van der Waals surface area contributed by atoms with Crippen LogP contribution in [0.25, 0.3) is 0 Å². The molecular formula is C13H7Br2F2NO. The number of nitrogen functional groups attached to an aromatic ring is 1. The molecule has 2 nitrogen and oxygen atoms in total. The number of carbonyl (C=O) groups is 1. The maximum absolute atomic E-state index is 13.7. The van der Waals surface area contributed by atoms with Crippen molar-refractivity contribution in [2.75, 3.05) is 5.73 Å². The molecule has 0 atom stereocenters. The van der Waals surface area contributed by atoms with Crippen molar-refractivity contribution in [1.29, 1.82) is 0 Å². The average Bonchev–Trinajstić information content (AvgIpc) is 2.36. The second-order valence-corrected chi connectivity index (χ2v) is 5.52. The van der Waals surface area contributed by atoms with Crippen LogP contribution in [0.5, 0.6) is 0 Å².